The summed E-state index contributed by atoms with van der Waals surface area (Å²) in [5.74, 6) is -0.330. The number of carbonyl (C=O) groups excluding carboxylic acids is 1. The van der Waals surface area contributed by atoms with Crippen LogP contribution in [0.4, 0.5) is 11.4 Å². The summed E-state index contributed by atoms with van der Waals surface area (Å²) < 4.78 is 4.75. The van der Waals surface area contributed by atoms with Gasteiger partial charge in [-0.05, 0) is 25.0 Å². The lowest BCUT2D eigenvalue weighted by Gasteiger charge is -2.38. The summed E-state index contributed by atoms with van der Waals surface area (Å²) in [6.45, 7) is 1.42. The van der Waals surface area contributed by atoms with Gasteiger partial charge in [-0.1, -0.05) is 12.1 Å². The molecule has 0 aromatic heterocycles. The molecular weight excluding hydrogens is 230 g/mol. The fourth-order valence-electron chi connectivity index (χ4n) is 2.33. The quantitative estimate of drug-likeness (QED) is 0.597. The van der Waals surface area contributed by atoms with Crippen LogP contribution in [0, 0.1) is 0 Å². The van der Waals surface area contributed by atoms with E-state index in [-0.39, 0.29) is 5.97 Å². The first-order valence-corrected chi connectivity index (χ1v) is 6.03. The van der Waals surface area contributed by atoms with Gasteiger partial charge in [0.05, 0.1) is 18.5 Å². The number of rotatable bonds is 2. The van der Waals surface area contributed by atoms with E-state index in [9.17, 15) is 4.79 Å². The van der Waals surface area contributed by atoms with E-state index in [1.54, 1.807) is 0 Å². The van der Waals surface area contributed by atoms with E-state index in [2.05, 4.69) is 4.90 Å². The van der Waals surface area contributed by atoms with Crippen molar-refractivity contribution in [2.45, 2.75) is 18.4 Å². The molecule has 1 aromatic carbocycles. The Morgan fingerprint density at radius 2 is 1.94 bits per heavy atom. The van der Waals surface area contributed by atoms with E-state index >= 15 is 0 Å². The van der Waals surface area contributed by atoms with Crippen molar-refractivity contribution in [2.24, 2.45) is 5.73 Å². The Labute approximate surface area is 107 Å². The lowest BCUT2D eigenvalue weighted by atomic mass is 9.88. The van der Waals surface area contributed by atoms with E-state index in [4.69, 9.17) is 16.2 Å². The van der Waals surface area contributed by atoms with E-state index in [0.29, 0.717) is 25.9 Å². The number of ether oxygens (including phenoxy) is 1. The van der Waals surface area contributed by atoms with Gasteiger partial charge in [0.25, 0.3) is 0 Å². The van der Waals surface area contributed by atoms with Gasteiger partial charge in [0.2, 0.25) is 0 Å². The van der Waals surface area contributed by atoms with Crippen LogP contribution in [0.2, 0.25) is 0 Å². The fraction of sp³-hybridized carbons (Fsp3) is 0.462. The van der Waals surface area contributed by atoms with Crippen molar-refractivity contribution in [1.82, 2.24) is 0 Å². The van der Waals surface area contributed by atoms with Crippen LogP contribution in [0.15, 0.2) is 24.3 Å². The van der Waals surface area contributed by atoms with Gasteiger partial charge < -0.3 is 21.1 Å². The van der Waals surface area contributed by atoms with E-state index in [1.807, 2.05) is 24.3 Å². The summed E-state index contributed by atoms with van der Waals surface area (Å²) in [6, 6.07) is 7.72. The van der Waals surface area contributed by atoms with Gasteiger partial charge in [-0.25, -0.2) is 0 Å². The zero-order chi connectivity index (χ0) is 13.2. The third-order valence-electron chi connectivity index (χ3n) is 3.53. The molecule has 0 radical (unpaired) electrons. The van der Waals surface area contributed by atoms with Crippen molar-refractivity contribution >= 4 is 17.3 Å². The molecule has 0 aliphatic carbocycles. The molecule has 98 valence electrons. The second-order valence-electron chi connectivity index (χ2n) is 4.69. The Kier molecular flexibility index (Phi) is 3.43. The second kappa shape index (κ2) is 4.86. The molecule has 18 heavy (non-hydrogen) atoms. The molecule has 1 saturated heterocycles. The SMILES string of the molecule is COC(=O)C1(N)CCN(c2ccccc2N)CC1. The van der Waals surface area contributed by atoms with Crippen molar-refractivity contribution < 1.29 is 9.53 Å². The molecule has 4 N–H and O–H groups in total. The van der Waals surface area contributed by atoms with Crippen molar-refractivity contribution in [3.63, 3.8) is 0 Å². The minimum Gasteiger partial charge on any atom is -0.468 e. The second-order valence-corrected chi connectivity index (χ2v) is 4.69. The molecule has 0 bridgehead atoms. The van der Waals surface area contributed by atoms with Crippen LogP contribution in [0.1, 0.15) is 12.8 Å². The number of nitrogen functional groups attached to an aromatic ring is 1. The smallest absolute Gasteiger partial charge is 0.325 e. The van der Waals surface area contributed by atoms with E-state index < -0.39 is 5.54 Å². The number of hydrogen-bond donors (Lipinski definition) is 2. The van der Waals surface area contributed by atoms with Crippen LogP contribution in [-0.2, 0) is 9.53 Å². The largest absolute Gasteiger partial charge is 0.468 e. The normalized spacial score (nSPS) is 18.4. The maximum Gasteiger partial charge on any atom is 0.325 e. The number of anilines is 2. The summed E-state index contributed by atoms with van der Waals surface area (Å²) in [4.78, 5) is 13.8. The molecule has 1 fully saturated rings. The van der Waals surface area contributed by atoms with Crippen molar-refractivity contribution in [3.8, 4) is 0 Å². The highest BCUT2D eigenvalue weighted by atomic mass is 16.5. The minimum absolute atomic E-state index is 0.330. The van der Waals surface area contributed by atoms with Gasteiger partial charge in [-0.15, -0.1) is 0 Å². The molecule has 0 unspecified atom stereocenters. The van der Waals surface area contributed by atoms with Gasteiger partial charge in [-0.3, -0.25) is 4.79 Å². The first kappa shape index (κ1) is 12.7. The van der Waals surface area contributed by atoms with E-state index in [1.165, 1.54) is 7.11 Å². The maximum absolute atomic E-state index is 11.6. The molecule has 0 amide bonds. The van der Waals surface area contributed by atoms with Crippen LogP contribution in [0.5, 0.6) is 0 Å². The molecule has 0 spiro atoms. The number of carbonyl (C=O) groups is 1. The Morgan fingerprint density at radius 1 is 1.33 bits per heavy atom. The number of benzene rings is 1. The van der Waals surface area contributed by atoms with Crippen LogP contribution >= 0.6 is 0 Å². The monoisotopic (exact) mass is 249 g/mol. The fourth-order valence-corrected chi connectivity index (χ4v) is 2.33. The zero-order valence-corrected chi connectivity index (χ0v) is 10.6. The average molecular weight is 249 g/mol. The van der Waals surface area contributed by atoms with Gasteiger partial charge in [-0.2, -0.15) is 0 Å². The number of esters is 1. The summed E-state index contributed by atoms with van der Waals surface area (Å²) in [6.07, 6.45) is 1.15. The van der Waals surface area contributed by atoms with Crippen molar-refractivity contribution in [3.05, 3.63) is 24.3 Å². The van der Waals surface area contributed by atoms with Gasteiger partial charge in [0.15, 0.2) is 0 Å². The van der Waals surface area contributed by atoms with E-state index in [0.717, 1.165) is 11.4 Å². The molecule has 1 aromatic rings. The Bertz CT molecular complexity index is 440. The maximum atomic E-state index is 11.6. The van der Waals surface area contributed by atoms with Gasteiger partial charge >= 0.3 is 5.97 Å². The van der Waals surface area contributed by atoms with Crippen LogP contribution in [0.3, 0.4) is 0 Å². The zero-order valence-electron chi connectivity index (χ0n) is 10.6. The Hall–Kier alpha value is -1.75. The first-order chi connectivity index (χ1) is 8.57. The molecule has 5 nitrogen and oxygen atoms in total. The van der Waals surface area contributed by atoms with Gasteiger partial charge in [0.1, 0.15) is 5.54 Å². The molecule has 1 aliphatic heterocycles. The van der Waals surface area contributed by atoms with Crippen LogP contribution in [-0.4, -0.2) is 31.7 Å². The molecule has 5 heteroatoms. The van der Waals surface area contributed by atoms with Crippen LogP contribution < -0.4 is 16.4 Å². The highest BCUT2D eigenvalue weighted by Crippen LogP contribution is 2.29. The number of para-hydroxylation sites is 2. The molecule has 2 rings (SSSR count). The summed E-state index contributed by atoms with van der Waals surface area (Å²) >= 11 is 0. The summed E-state index contributed by atoms with van der Waals surface area (Å²) in [5, 5.41) is 0. The molecule has 1 heterocycles. The number of hydrogen-bond acceptors (Lipinski definition) is 5. The lowest BCUT2D eigenvalue weighted by molar-refractivity contribution is -0.147. The summed E-state index contributed by atoms with van der Waals surface area (Å²) in [5.41, 5.74) is 12.9. The predicted octanol–water partition coefficient (Wildman–Crippen LogP) is 0.739. The topological polar surface area (TPSA) is 81.6 Å². The first-order valence-electron chi connectivity index (χ1n) is 6.03. The molecule has 0 saturated carbocycles. The third kappa shape index (κ3) is 2.26. The molecular formula is C13H19N3O2. The summed E-state index contributed by atoms with van der Waals surface area (Å²) in [7, 11) is 1.37. The highest BCUT2D eigenvalue weighted by molar-refractivity contribution is 5.81. The standard InChI is InChI=1S/C13H19N3O2/c1-18-12(17)13(15)6-8-16(9-7-13)11-5-3-2-4-10(11)14/h2-5H,6-9,14-15H2,1H3. The molecule has 0 atom stereocenters. The Balaban J connectivity index is 2.07. The van der Waals surface area contributed by atoms with Gasteiger partial charge in [0, 0.05) is 13.1 Å². The van der Waals surface area contributed by atoms with Crippen molar-refractivity contribution in [2.75, 3.05) is 30.8 Å². The highest BCUT2D eigenvalue weighted by Gasteiger charge is 2.38. The predicted molar refractivity (Wildman–Crippen MR) is 71.2 cm³/mol. The van der Waals surface area contributed by atoms with Crippen LogP contribution in [0.25, 0.3) is 0 Å². The molecule has 1 aliphatic rings. The Morgan fingerprint density at radius 3 is 2.50 bits per heavy atom. The minimum atomic E-state index is -0.852. The number of nitrogens with zero attached hydrogens (tertiary/aromatic N) is 1. The number of nitrogens with two attached hydrogens (primary N) is 2. The third-order valence-corrected chi connectivity index (χ3v) is 3.53. The number of piperidine rings is 1. The number of methoxy groups -OCH3 is 1. The lowest BCUT2D eigenvalue weighted by Crippen LogP contribution is -2.56. The van der Waals surface area contributed by atoms with Crippen molar-refractivity contribution in [1.29, 1.82) is 0 Å². The average Bonchev–Trinajstić information content (AvgIpc) is 2.39.